The number of likely N-dealkylation sites (N-methyl/N-ethyl adjacent to an activating group) is 1. The first-order valence-electron chi connectivity index (χ1n) is 8.60. The fourth-order valence-electron chi connectivity index (χ4n) is 2.85. The topological polar surface area (TPSA) is 52.7 Å². The molecule has 138 valence electrons. The van der Waals surface area contributed by atoms with Crippen LogP contribution in [0.1, 0.15) is 15.2 Å². The molecule has 1 aliphatic heterocycles. The molecule has 1 N–H and O–H groups in total. The predicted molar refractivity (Wildman–Crippen MR) is 109 cm³/mol. The molecule has 2 amide bonds. The molecule has 0 aliphatic carbocycles. The van der Waals surface area contributed by atoms with Crippen molar-refractivity contribution in [3.63, 3.8) is 0 Å². The van der Waals surface area contributed by atoms with Crippen molar-refractivity contribution in [1.29, 1.82) is 0 Å². The summed E-state index contributed by atoms with van der Waals surface area (Å²) in [5.74, 6) is 2.00. The summed E-state index contributed by atoms with van der Waals surface area (Å²) in [7, 11) is 1.65. The zero-order valence-electron chi connectivity index (χ0n) is 14.8. The Morgan fingerprint density at radius 3 is 2.65 bits per heavy atom. The van der Waals surface area contributed by atoms with Crippen LogP contribution in [0, 0.1) is 0 Å². The largest absolute Gasteiger partial charge is 0.332 e. The Kier molecular flexibility index (Phi) is 6.71. The monoisotopic (exact) mass is 389 g/mol. The predicted octanol–water partition coefficient (Wildman–Crippen LogP) is 3.01. The second kappa shape index (κ2) is 9.21. The van der Waals surface area contributed by atoms with Gasteiger partial charge in [-0.1, -0.05) is 24.3 Å². The van der Waals surface area contributed by atoms with E-state index in [0.717, 1.165) is 42.4 Å². The lowest BCUT2D eigenvalue weighted by atomic mass is 10.1. The molecule has 2 aromatic rings. The van der Waals surface area contributed by atoms with E-state index < -0.39 is 0 Å². The zero-order chi connectivity index (χ0) is 18.4. The quantitative estimate of drug-likeness (QED) is 0.825. The molecule has 0 atom stereocenters. The van der Waals surface area contributed by atoms with Gasteiger partial charge >= 0.3 is 0 Å². The van der Waals surface area contributed by atoms with Gasteiger partial charge in [-0.15, -0.1) is 11.3 Å². The summed E-state index contributed by atoms with van der Waals surface area (Å²) in [4.78, 5) is 29.2. The summed E-state index contributed by atoms with van der Waals surface area (Å²) in [6.45, 7) is 3.02. The van der Waals surface area contributed by atoms with Crippen LogP contribution >= 0.6 is 23.1 Å². The second-order valence-corrected chi connectivity index (χ2v) is 8.40. The molecule has 1 aromatic carbocycles. The van der Waals surface area contributed by atoms with Gasteiger partial charge < -0.3 is 10.2 Å². The standard InChI is InChI=1S/C19H23N3O2S2/c1-21(19(24)17-7-4-10-26-17)14-18(23)20-16-6-3-2-5-15(16)13-22-8-11-25-12-9-22/h2-7,10H,8-9,11-14H2,1H3,(H,20,23). The summed E-state index contributed by atoms with van der Waals surface area (Å²) in [5, 5.41) is 4.83. The van der Waals surface area contributed by atoms with Crippen molar-refractivity contribution in [2.75, 3.05) is 43.5 Å². The molecule has 0 bridgehead atoms. The van der Waals surface area contributed by atoms with E-state index in [2.05, 4.69) is 16.3 Å². The smallest absolute Gasteiger partial charge is 0.264 e. The Morgan fingerprint density at radius 1 is 1.15 bits per heavy atom. The maximum atomic E-state index is 12.4. The van der Waals surface area contributed by atoms with E-state index in [4.69, 9.17) is 0 Å². The van der Waals surface area contributed by atoms with Gasteiger partial charge in [-0.05, 0) is 23.1 Å². The average Bonchev–Trinajstić information content (AvgIpc) is 3.18. The maximum absolute atomic E-state index is 12.4. The van der Waals surface area contributed by atoms with E-state index in [-0.39, 0.29) is 18.4 Å². The number of rotatable bonds is 6. The fraction of sp³-hybridized carbons (Fsp3) is 0.368. The van der Waals surface area contributed by atoms with Gasteiger partial charge in [-0.3, -0.25) is 14.5 Å². The highest BCUT2D eigenvalue weighted by Gasteiger charge is 2.17. The van der Waals surface area contributed by atoms with Gasteiger partial charge in [0.05, 0.1) is 11.4 Å². The van der Waals surface area contributed by atoms with Crippen LogP contribution in [0.25, 0.3) is 0 Å². The van der Waals surface area contributed by atoms with E-state index in [1.54, 1.807) is 13.1 Å². The molecule has 26 heavy (non-hydrogen) atoms. The third-order valence-electron chi connectivity index (χ3n) is 4.25. The van der Waals surface area contributed by atoms with Crippen molar-refractivity contribution in [3.8, 4) is 0 Å². The number of hydrogen-bond donors (Lipinski definition) is 1. The Hall–Kier alpha value is -1.83. The fourth-order valence-corrected chi connectivity index (χ4v) is 4.54. The minimum absolute atomic E-state index is 0.0332. The highest BCUT2D eigenvalue weighted by Crippen LogP contribution is 2.20. The van der Waals surface area contributed by atoms with Gasteiger partial charge in [0, 0.05) is 43.9 Å². The molecule has 1 aliphatic rings. The van der Waals surface area contributed by atoms with Crippen LogP contribution in [0.4, 0.5) is 5.69 Å². The Balaban J connectivity index is 1.59. The first-order chi connectivity index (χ1) is 12.6. The molecular formula is C19H23N3O2S2. The van der Waals surface area contributed by atoms with Gasteiger partial charge in [0.2, 0.25) is 5.91 Å². The molecule has 1 fully saturated rings. The summed E-state index contributed by atoms with van der Waals surface area (Å²) in [6.07, 6.45) is 0. The average molecular weight is 390 g/mol. The van der Waals surface area contributed by atoms with Crippen molar-refractivity contribution < 1.29 is 9.59 Å². The van der Waals surface area contributed by atoms with Gasteiger partial charge in [-0.2, -0.15) is 11.8 Å². The number of carbonyl (C=O) groups excluding carboxylic acids is 2. The number of thioether (sulfide) groups is 1. The van der Waals surface area contributed by atoms with Crippen molar-refractivity contribution >= 4 is 40.6 Å². The van der Waals surface area contributed by atoms with Crippen LogP contribution in [0.3, 0.4) is 0 Å². The molecule has 1 saturated heterocycles. The number of nitrogens with one attached hydrogen (secondary N) is 1. The number of benzene rings is 1. The molecule has 7 heteroatoms. The number of amides is 2. The highest BCUT2D eigenvalue weighted by atomic mass is 32.2. The summed E-state index contributed by atoms with van der Waals surface area (Å²) in [5.41, 5.74) is 1.94. The van der Waals surface area contributed by atoms with E-state index in [9.17, 15) is 9.59 Å². The van der Waals surface area contributed by atoms with Gasteiger partial charge in [0.1, 0.15) is 0 Å². The molecule has 0 radical (unpaired) electrons. The molecule has 0 unspecified atom stereocenters. The molecule has 2 heterocycles. The third-order valence-corrected chi connectivity index (χ3v) is 6.05. The zero-order valence-corrected chi connectivity index (χ0v) is 16.4. The van der Waals surface area contributed by atoms with Crippen LogP contribution < -0.4 is 5.32 Å². The molecular weight excluding hydrogens is 366 g/mol. The van der Waals surface area contributed by atoms with Crippen molar-refractivity contribution in [3.05, 3.63) is 52.2 Å². The normalized spacial score (nSPS) is 14.8. The summed E-state index contributed by atoms with van der Waals surface area (Å²) < 4.78 is 0. The van der Waals surface area contributed by atoms with Gasteiger partial charge in [-0.25, -0.2) is 0 Å². The molecule has 5 nitrogen and oxygen atoms in total. The Labute approximate surface area is 162 Å². The molecule has 0 spiro atoms. The first-order valence-corrected chi connectivity index (χ1v) is 10.6. The Morgan fingerprint density at radius 2 is 1.92 bits per heavy atom. The SMILES string of the molecule is CN(CC(=O)Nc1ccccc1CN1CCSCC1)C(=O)c1cccs1. The van der Waals surface area contributed by atoms with Crippen LogP contribution in [-0.4, -0.2) is 59.8 Å². The molecule has 1 aromatic heterocycles. The lowest BCUT2D eigenvalue weighted by Crippen LogP contribution is -2.35. The number of anilines is 1. The number of thiophene rings is 1. The number of hydrogen-bond acceptors (Lipinski definition) is 5. The van der Waals surface area contributed by atoms with Crippen LogP contribution in [0.2, 0.25) is 0 Å². The minimum Gasteiger partial charge on any atom is -0.332 e. The van der Waals surface area contributed by atoms with Crippen molar-refractivity contribution in [2.24, 2.45) is 0 Å². The van der Waals surface area contributed by atoms with E-state index >= 15 is 0 Å². The summed E-state index contributed by atoms with van der Waals surface area (Å²) >= 11 is 3.37. The third kappa shape index (κ3) is 5.09. The summed E-state index contributed by atoms with van der Waals surface area (Å²) in [6, 6.07) is 11.5. The lowest BCUT2D eigenvalue weighted by Gasteiger charge is -2.27. The molecule has 0 saturated carbocycles. The van der Waals surface area contributed by atoms with Gasteiger partial charge in [0.15, 0.2) is 0 Å². The minimum atomic E-state index is -0.181. The van der Waals surface area contributed by atoms with Crippen LogP contribution in [-0.2, 0) is 11.3 Å². The number of nitrogens with zero attached hydrogens (tertiary/aromatic N) is 2. The lowest BCUT2D eigenvalue weighted by molar-refractivity contribution is -0.116. The molecule has 3 rings (SSSR count). The first kappa shape index (κ1) is 18.9. The van der Waals surface area contributed by atoms with E-state index in [0.29, 0.717) is 4.88 Å². The maximum Gasteiger partial charge on any atom is 0.264 e. The van der Waals surface area contributed by atoms with E-state index in [1.165, 1.54) is 16.2 Å². The highest BCUT2D eigenvalue weighted by molar-refractivity contribution is 7.99. The Bertz CT molecular complexity index is 743. The number of carbonyl (C=O) groups is 2. The second-order valence-electron chi connectivity index (χ2n) is 6.23. The van der Waals surface area contributed by atoms with Crippen LogP contribution in [0.5, 0.6) is 0 Å². The number of para-hydroxylation sites is 1. The van der Waals surface area contributed by atoms with Crippen molar-refractivity contribution in [2.45, 2.75) is 6.54 Å². The van der Waals surface area contributed by atoms with Crippen molar-refractivity contribution in [1.82, 2.24) is 9.80 Å². The van der Waals surface area contributed by atoms with Crippen LogP contribution in [0.15, 0.2) is 41.8 Å². The van der Waals surface area contributed by atoms with Gasteiger partial charge in [0.25, 0.3) is 5.91 Å². The van der Waals surface area contributed by atoms with E-state index in [1.807, 2.05) is 41.4 Å².